The summed E-state index contributed by atoms with van der Waals surface area (Å²) in [5.41, 5.74) is 5.33. The Kier molecular flexibility index (Phi) is 4.31. The zero-order chi connectivity index (χ0) is 19.0. The number of hydrogen-bond donors (Lipinski definition) is 2. The predicted molar refractivity (Wildman–Crippen MR) is 97.4 cm³/mol. The van der Waals surface area contributed by atoms with Gasteiger partial charge < -0.3 is 34.2 Å². The van der Waals surface area contributed by atoms with Crippen LogP contribution in [0.25, 0.3) is 0 Å². The van der Waals surface area contributed by atoms with Crippen LogP contribution in [0.2, 0.25) is 0 Å². The Hall–Kier alpha value is -3.29. The minimum absolute atomic E-state index is 0.116. The second-order valence-corrected chi connectivity index (χ2v) is 6.09. The Morgan fingerprint density at radius 1 is 1.07 bits per heavy atom. The lowest BCUT2D eigenvalue weighted by atomic mass is 9.97. The molecule has 2 heterocycles. The molecule has 0 aromatic heterocycles. The van der Waals surface area contributed by atoms with Gasteiger partial charge in [-0.3, -0.25) is 0 Å². The molecule has 1 atom stereocenters. The topological polar surface area (TPSA) is 90.8 Å². The van der Waals surface area contributed by atoms with Crippen molar-refractivity contribution in [2.24, 2.45) is 5.10 Å². The van der Waals surface area contributed by atoms with Crippen molar-refractivity contribution >= 4 is 5.71 Å². The van der Waals surface area contributed by atoms with Crippen molar-refractivity contribution in [3.63, 3.8) is 0 Å². The number of hydrogen-bond acceptors (Lipinski definition) is 8. The van der Waals surface area contributed by atoms with Gasteiger partial charge in [0.05, 0.1) is 33.1 Å². The summed E-state index contributed by atoms with van der Waals surface area (Å²) in [5, 5.41) is 14.7. The number of nitrogens with zero attached hydrogens (tertiary/aromatic N) is 1. The van der Waals surface area contributed by atoms with Gasteiger partial charge in [0.1, 0.15) is 11.5 Å². The van der Waals surface area contributed by atoms with E-state index in [4.69, 9.17) is 23.7 Å². The van der Waals surface area contributed by atoms with Crippen LogP contribution in [0.1, 0.15) is 23.6 Å². The molecule has 2 aliphatic heterocycles. The highest BCUT2D eigenvalue weighted by molar-refractivity contribution is 6.04. The largest absolute Gasteiger partial charge is 0.507 e. The molecule has 8 heteroatoms. The Labute approximate surface area is 156 Å². The molecule has 0 fully saturated rings. The number of fused-ring (bicyclic) bond motifs is 1. The molecule has 27 heavy (non-hydrogen) atoms. The van der Waals surface area contributed by atoms with E-state index in [2.05, 4.69) is 10.5 Å². The zero-order valence-electron chi connectivity index (χ0n) is 15.2. The third-order valence-electron chi connectivity index (χ3n) is 4.66. The number of methoxy groups -OCH3 is 3. The molecule has 4 rings (SSSR count). The summed E-state index contributed by atoms with van der Waals surface area (Å²) in [6.45, 7) is 0.137. The minimum atomic E-state index is -0.167. The lowest BCUT2D eigenvalue weighted by Crippen LogP contribution is -2.12. The van der Waals surface area contributed by atoms with E-state index < -0.39 is 0 Å². The summed E-state index contributed by atoms with van der Waals surface area (Å²) in [4.78, 5) is 0. The van der Waals surface area contributed by atoms with Crippen molar-refractivity contribution in [2.75, 3.05) is 28.1 Å². The Bertz CT molecular complexity index is 912. The monoisotopic (exact) mass is 372 g/mol. The average molecular weight is 372 g/mol. The average Bonchev–Trinajstić information content (AvgIpc) is 3.35. The van der Waals surface area contributed by atoms with Gasteiger partial charge in [-0.2, -0.15) is 5.10 Å². The van der Waals surface area contributed by atoms with Gasteiger partial charge in [-0.05, 0) is 18.2 Å². The van der Waals surface area contributed by atoms with Gasteiger partial charge in [0.25, 0.3) is 0 Å². The third-order valence-corrected chi connectivity index (χ3v) is 4.66. The van der Waals surface area contributed by atoms with E-state index in [1.807, 2.05) is 6.07 Å². The molecule has 0 saturated heterocycles. The maximum Gasteiger partial charge on any atom is 0.231 e. The maximum atomic E-state index is 10.3. The fourth-order valence-electron chi connectivity index (χ4n) is 3.34. The van der Waals surface area contributed by atoms with Crippen LogP contribution in [0, 0.1) is 0 Å². The first-order valence-electron chi connectivity index (χ1n) is 8.40. The van der Waals surface area contributed by atoms with Gasteiger partial charge in [-0.15, -0.1) is 0 Å². The summed E-state index contributed by atoms with van der Waals surface area (Å²) in [5.74, 6) is 2.89. The summed E-state index contributed by atoms with van der Waals surface area (Å²) < 4.78 is 27.2. The first-order chi connectivity index (χ1) is 13.2. The normalized spacial score (nSPS) is 17.3. The van der Waals surface area contributed by atoms with Crippen molar-refractivity contribution in [3.05, 3.63) is 35.4 Å². The summed E-state index contributed by atoms with van der Waals surface area (Å²) in [6, 6.07) is 6.84. The molecule has 0 radical (unpaired) electrons. The number of rotatable bonds is 5. The van der Waals surface area contributed by atoms with Crippen LogP contribution in [0.4, 0.5) is 0 Å². The molecule has 2 aliphatic rings. The highest BCUT2D eigenvalue weighted by Crippen LogP contribution is 2.51. The first kappa shape index (κ1) is 17.1. The van der Waals surface area contributed by atoms with Crippen LogP contribution >= 0.6 is 0 Å². The molecule has 2 aromatic rings. The number of aromatic hydroxyl groups is 1. The quantitative estimate of drug-likeness (QED) is 0.834. The fourth-order valence-corrected chi connectivity index (χ4v) is 3.34. The van der Waals surface area contributed by atoms with Crippen molar-refractivity contribution < 1.29 is 28.8 Å². The molecule has 0 bridgehead atoms. The molecule has 2 N–H and O–H groups in total. The highest BCUT2D eigenvalue weighted by Gasteiger charge is 2.32. The number of phenols is 1. The highest BCUT2D eigenvalue weighted by atomic mass is 16.7. The molecule has 0 unspecified atom stereocenters. The van der Waals surface area contributed by atoms with E-state index in [1.54, 1.807) is 39.5 Å². The smallest absolute Gasteiger partial charge is 0.231 e. The second kappa shape index (κ2) is 6.79. The SMILES string of the molecule is COc1ccc(C2=NN[C@H](c3cc4c(c(OC)c3OC)OCO4)C2)c(O)c1. The molecular formula is C19H20N2O6. The molecule has 0 aliphatic carbocycles. The van der Waals surface area contributed by atoms with Crippen LogP contribution < -0.4 is 29.1 Å². The molecule has 2 aromatic carbocycles. The van der Waals surface area contributed by atoms with E-state index in [0.29, 0.717) is 40.7 Å². The van der Waals surface area contributed by atoms with Crippen LogP contribution in [-0.4, -0.2) is 38.9 Å². The van der Waals surface area contributed by atoms with Crippen LogP contribution in [-0.2, 0) is 0 Å². The number of benzene rings is 2. The molecule has 8 nitrogen and oxygen atoms in total. The van der Waals surface area contributed by atoms with E-state index in [9.17, 15) is 5.11 Å². The second-order valence-electron chi connectivity index (χ2n) is 6.09. The van der Waals surface area contributed by atoms with Gasteiger partial charge in [-0.1, -0.05) is 0 Å². The summed E-state index contributed by atoms with van der Waals surface area (Å²) in [6.07, 6.45) is 0.555. The first-order valence-corrected chi connectivity index (χ1v) is 8.40. The molecule has 0 amide bonds. The van der Waals surface area contributed by atoms with Gasteiger partial charge >= 0.3 is 0 Å². The molecule has 142 valence electrons. The van der Waals surface area contributed by atoms with Gasteiger partial charge in [-0.25, -0.2) is 0 Å². The number of hydrazone groups is 1. The lowest BCUT2D eigenvalue weighted by Gasteiger charge is -2.18. The number of ether oxygens (including phenoxy) is 5. The van der Waals surface area contributed by atoms with Gasteiger partial charge in [0, 0.05) is 23.6 Å². The Morgan fingerprint density at radius 2 is 1.89 bits per heavy atom. The van der Waals surface area contributed by atoms with Crippen molar-refractivity contribution in [1.29, 1.82) is 0 Å². The zero-order valence-corrected chi connectivity index (χ0v) is 15.2. The van der Waals surface area contributed by atoms with Crippen LogP contribution in [0.5, 0.6) is 34.5 Å². The minimum Gasteiger partial charge on any atom is -0.507 e. The van der Waals surface area contributed by atoms with Gasteiger partial charge in [0.2, 0.25) is 18.3 Å². The standard InChI is InChI=1S/C19H20N2O6/c1-23-10-4-5-11(15(22)6-10)13-8-14(21-20-13)12-7-16-18(27-9-26-16)19(25-3)17(12)24-2/h4-7,14,21-22H,8-9H2,1-3H3/t14-/m0/s1. The van der Waals surface area contributed by atoms with Crippen molar-refractivity contribution in [1.82, 2.24) is 5.43 Å². The summed E-state index contributed by atoms with van der Waals surface area (Å²) in [7, 11) is 4.69. The van der Waals surface area contributed by atoms with Crippen molar-refractivity contribution in [3.8, 4) is 34.5 Å². The molecule has 0 saturated carbocycles. The lowest BCUT2D eigenvalue weighted by molar-refractivity contribution is 0.170. The number of nitrogens with one attached hydrogen (secondary N) is 1. The predicted octanol–water partition coefficient (Wildman–Crippen LogP) is 2.59. The van der Waals surface area contributed by atoms with E-state index in [-0.39, 0.29) is 18.6 Å². The molecular weight excluding hydrogens is 352 g/mol. The third kappa shape index (κ3) is 2.83. The maximum absolute atomic E-state index is 10.3. The van der Waals surface area contributed by atoms with E-state index in [1.165, 1.54) is 0 Å². The molecule has 0 spiro atoms. The summed E-state index contributed by atoms with van der Waals surface area (Å²) >= 11 is 0. The van der Waals surface area contributed by atoms with Crippen LogP contribution in [0.15, 0.2) is 29.4 Å². The van der Waals surface area contributed by atoms with E-state index >= 15 is 0 Å². The van der Waals surface area contributed by atoms with Crippen molar-refractivity contribution in [2.45, 2.75) is 12.5 Å². The fraction of sp³-hybridized carbons (Fsp3) is 0.316. The Balaban J connectivity index is 1.66. The van der Waals surface area contributed by atoms with Gasteiger partial charge in [0.15, 0.2) is 11.5 Å². The van der Waals surface area contributed by atoms with E-state index in [0.717, 1.165) is 11.3 Å². The number of phenolic OH excluding ortho intramolecular Hbond substituents is 1. The van der Waals surface area contributed by atoms with Crippen LogP contribution in [0.3, 0.4) is 0 Å². The Morgan fingerprint density at radius 3 is 2.59 bits per heavy atom.